The van der Waals surface area contributed by atoms with Gasteiger partial charge in [0.2, 0.25) is 23.6 Å². The van der Waals surface area contributed by atoms with Crippen LogP contribution in [0.2, 0.25) is 5.02 Å². The molecule has 2 aromatic heterocycles. The van der Waals surface area contributed by atoms with Crippen LogP contribution in [-0.4, -0.2) is 62.5 Å². The van der Waals surface area contributed by atoms with Crippen molar-refractivity contribution in [2.45, 2.75) is 32.6 Å². The van der Waals surface area contributed by atoms with Crippen LogP contribution in [0.25, 0.3) is 20.7 Å². The number of aromatic nitrogens is 2. The van der Waals surface area contributed by atoms with E-state index < -0.39 is 79.9 Å². The van der Waals surface area contributed by atoms with Crippen molar-refractivity contribution in [1.29, 1.82) is 0 Å². The predicted octanol–water partition coefficient (Wildman–Crippen LogP) is 7.29. The Morgan fingerprint density at radius 3 is 2.27 bits per heavy atom. The maximum atomic E-state index is 15.1. The van der Waals surface area contributed by atoms with E-state index in [1.54, 1.807) is 50.4 Å². The van der Waals surface area contributed by atoms with Crippen LogP contribution in [0.15, 0.2) is 72.3 Å². The largest absolute Gasteiger partial charge is 0.508 e. The summed E-state index contributed by atoms with van der Waals surface area (Å²) in [5.41, 5.74) is -0.939. The average molecular weight is 850 g/mol. The molecule has 306 valence electrons. The molecule has 2 aliphatic heterocycles. The molecule has 4 heterocycles. The Kier molecular flexibility index (Phi) is 8.80. The van der Waals surface area contributed by atoms with Crippen LogP contribution in [0.3, 0.4) is 0 Å². The number of imide groups is 2. The van der Waals surface area contributed by atoms with E-state index in [4.69, 9.17) is 16.7 Å². The summed E-state index contributed by atoms with van der Waals surface area (Å²) in [5, 5.41) is 42.1. The summed E-state index contributed by atoms with van der Waals surface area (Å²) >= 11 is 7.81. The summed E-state index contributed by atoms with van der Waals surface area (Å²) in [6, 6.07) is 15.8. The number of phenolic OH excluding ortho intramolecular Hbond substituents is 1. The van der Waals surface area contributed by atoms with Gasteiger partial charge in [-0.3, -0.25) is 44.1 Å². The molecule has 0 radical (unpaired) electrons. The first kappa shape index (κ1) is 39.0. The van der Waals surface area contributed by atoms with Gasteiger partial charge in [-0.2, -0.15) is 5.10 Å². The third-order valence-corrected chi connectivity index (χ3v) is 14.4. The van der Waals surface area contributed by atoms with Gasteiger partial charge in [0.1, 0.15) is 17.3 Å². The molecular formula is C42H36ClN7O9S. The molecule has 4 amide bonds. The van der Waals surface area contributed by atoms with Crippen molar-refractivity contribution >= 4 is 85.2 Å². The number of aryl methyl sites for hydroxylation is 2. The summed E-state index contributed by atoms with van der Waals surface area (Å²) in [7, 11) is 4.47. The molecule has 2 aliphatic carbocycles. The van der Waals surface area contributed by atoms with E-state index in [0.29, 0.717) is 21.9 Å². The van der Waals surface area contributed by atoms with Gasteiger partial charge in [-0.1, -0.05) is 41.4 Å². The Labute approximate surface area is 350 Å². The molecule has 60 heavy (non-hydrogen) atoms. The first-order valence-corrected chi connectivity index (χ1v) is 20.3. The lowest BCUT2D eigenvalue weighted by atomic mass is 9.51. The molecule has 2 saturated heterocycles. The van der Waals surface area contributed by atoms with Crippen molar-refractivity contribution in [1.82, 2.24) is 9.78 Å². The summed E-state index contributed by atoms with van der Waals surface area (Å²) in [5.74, 6) is -7.12. The highest BCUT2D eigenvalue weighted by atomic mass is 35.5. The average Bonchev–Trinajstić information content (AvgIpc) is 3.87. The number of amides is 4. The van der Waals surface area contributed by atoms with E-state index >= 15 is 4.79 Å². The van der Waals surface area contributed by atoms with E-state index in [9.17, 15) is 39.7 Å². The van der Waals surface area contributed by atoms with E-state index in [-0.39, 0.29) is 35.8 Å². The molecule has 1 saturated carbocycles. The molecule has 18 heteroatoms. The van der Waals surface area contributed by atoms with Crippen molar-refractivity contribution in [3.63, 3.8) is 0 Å². The number of phenols is 1. The Morgan fingerprint density at radius 1 is 0.933 bits per heavy atom. The third kappa shape index (κ3) is 5.37. The first-order valence-electron chi connectivity index (χ1n) is 19.1. The minimum atomic E-state index is -1.46. The summed E-state index contributed by atoms with van der Waals surface area (Å²) in [6.45, 7) is 3.66. The van der Waals surface area contributed by atoms with Crippen LogP contribution in [0.5, 0.6) is 5.75 Å². The molecule has 0 bridgehead atoms. The van der Waals surface area contributed by atoms with E-state index in [1.807, 2.05) is 19.1 Å². The number of anilines is 3. The molecule has 0 spiro atoms. The number of rotatable bonds is 7. The molecule has 3 fully saturated rings. The van der Waals surface area contributed by atoms with Crippen molar-refractivity contribution < 1.29 is 34.1 Å². The highest BCUT2D eigenvalue weighted by molar-refractivity contribution is 7.22. The molecule has 6 atom stereocenters. The van der Waals surface area contributed by atoms with Crippen LogP contribution in [0.4, 0.5) is 28.6 Å². The van der Waals surface area contributed by atoms with Gasteiger partial charge in [-0.15, -0.1) is 11.3 Å². The Bertz CT molecular complexity index is 2800. The highest BCUT2D eigenvalue weighted by Gasteiger charge is 2.68. The third-order valence-electron chi connectivity index (χ3n) is 12.9. The monoisotopic (exact) mass is 849 g/mol. The van der Waals surface area contributed by atoms with Crippen molar-refractivity contribution in [2.24, 2.45) is 36.1 Å². The van der Waals surface area contributed by atoms with Gasteiger partial charge in [-0.05, 0) is 67.8 Å². The zero-order valence-electron chi connectivity index (χ0n) is 32.8. The molecule has 4 aliphatic rings. The highest BCUT2D eigenvalue weighted by Crippen LogP contribution is 2.64. The number of nitro groups is 2. The van der Waals surface area contributed by atoms with Crippen LogP contribution in [0, 0.1) is 56.2 Å². The lowest BCUT2D eigenvalue weighted by Crippen LogP contribution is -2.49. The SMILES string of the molecule is Cc1c(-c2cc(N3C(=O)[C@@H]4C[C@@H]5C(=CC[C@@H]6C(=O)N(c7cc([N+](=O)[O-])c(N(C)C)c([N+](=O)[O-])c7)C(=O)[C@@H]65)[C@H](c5ccccc5O)[C@]4(C)C3=O)n(C)n2)sc2ccc(Cl)cc12. The minimum absolute atomic E-state index is 0.0116. The number of fused-ring (bicyclic) bond motifs is 5. The maximum absolute atomic E-state index is 15.1. The number of para-hydroxylation sites is 1. The number of benzene rings is 3. The smallest absolute Gasteiger partial charge is 0.301 e. The quantitative estimate of drug-likeness (QED) is 0.0746. The molecule has 3 aromatic carbocycles. The second-order valence-corrected chi connectivity index (χ2v) is 17.7. The van der Waals surface area contributed by atoms with E-state index in [0.717, 1.165) is 42.5 Å². The fourth-order valence-electron chi connectivity index (χ4n) is 10.2. The lowest BCUT2D eigenvalue weighted by Gasteiger charge is -2.49. The zero-order valence-corrected chi connectivity index (χ0v) is 34.4. The molecule has 0 unspecified atom stereocenters. The standard InChI is InChI=1S/C42H36ClN7O9S/c1-19-25-14-20(43)10-13-32(25)60-37(19)28-18-33(46(5)44-28)48-39(53)27-17-26-22(35(42(27,2)41(48)55)23-8-6-7-9-31(23)51)11-12-24-34(26)40(54)47(38(24)52)21-15-29(49(56)57)36(45(3)4)30(16-21)50(58)59/h6-11,13-16,18,24,26-27,34-35,51H,12,17H2,1-5H3/t24-,26+,27-,34-,35+,42+/m0/s1. The van der Waals surface area contributed by atoms with Crippen LogP contribution < -0.4 is 14.7 Å². The number of carbonyl (C=O) groups is 4. The van der Waals surface area contributed by atoms with Gasteiger partial charge >= 0.3 is 11.4 Å². The molecule has 16 nitrogen and oxygen atoms in total. The molecule has 9 rings (SSSR count). The molecule has 1 N–H and O–H groups in total. The van der Waals surface area contributed by atoms with Crippen LogP contribution >= 0.6 is 22.9 Å². The van der Waals surface area contributed by atoms with Crippen molar-refractivity contribution in [2.75, 3.05) is 28.8 Å². The van der Waals surface area contributed by atoms with Gasteiger partial charge in [0.15, 0.2) is 5.69 Å². The number of allylic oxidation sites excluding steroid dienone is 2. The molecular weight excluding hydrogens is 814 g/mol. The summed E-state index contributed by atoms with van der Waals surface area (Å²) in [6.07, 6.45) is 1.83. The topological polar surface area (TPSA) is 202 Å². The number of halogens is 1. The number of carbonyl (C=O) groups excluding carboxylic acids is 4. The second-order valence-electron chi connectivity index (χ2n) is 16.2. The number of aromatic hydroxyl groups is 1. The summed E-state index contributed by atoms with van der Waals surface area (Å²) < 4.78 is 2.47. The summed E-state index contributed by atoms with van der Waals surface area (Å²) in [4.78, 5) is 85.8. The Morgan fingerprint density at radius 2 is 1.62 bits per heavy atom. The Hall–Kier alpha value is -6.46. The van der Waals surface area contributed by atoms with Gasteiger partial charge in [0, 0.05) is 60.5 Å². The predicted molar refractivity (Wildman–Crippen MR) is 223 cm³/mol. The maximum Gasteiger partial charge on any atom is 0.301 e. The van der Waals surface area contributed by atoms with Crippen LogP contribution in [0.1, 0.15) is 36.8 Å². The number of nitro benzene ring substituents is 2. The number of hydrogen-bond donors (Lipinski definition) is 1. The minimum Gasteiger partial charge on any atom is -0.508 e. The number of thiophene rings is 1. The number of nitrogens with zero attached hydrogens (tertiary/aromatic N) is 7. The van der Waals surface area contributed by atoms with Gasteiger partial charge in [0.05, 0.1) is 43.6 Å². The van der Waals surface area contributed by atoms with E-state index in [1.165, 1.54) is 41.1 Å². The van der Waals surface area contributed by atoms with E-state index in [2.05, 4.69) is 0 Å². The lowest BCUT2D eigenvalue weighted by molar-refractivity contribution is -0.392. The second kappa shape index (κ2) is 13.5. The van der Waals surface area contributed by atoms with Crippen molar-refractivity contribution in [3.05, 3.63) is 109 Å². The fourth-order valence-corrected chi connectivity index (χ4v) is 11.6. The van der Waals surface area contributed by atoms with Gasteiger partial charge in [0.25, 0.3) is 0 Å². The normalized spacial score (nSPS) is 24.8. The number of hydrogen-bond acceptors (Lipinski definition) is 12. The van der Waals surface area contributed by atoms with Gasteiger partial charge in [-0.25, -0.2) is 9.80 Å². The van der Waals surface area contributed by atoms with Crippen molar-refractivity contribution in [3.8, 4) is 16.3 Å². The zero-order chi connectivity index (χ0) is 42.8. The Balaban J connectivity index is 1.14. The fraction of sp³-hybridized carbons (Fsp3) is 0.310. The van der Waals surface area contributed by atoms with Gasteiger partial charge < -0.3 is 10.0 Å². The first-order chi connectivity index (χ1) is 28.4. The van der Waals surface area contributed by atoms with Crippen LogP contribution in [-0.2, 0) is 26.2 Å². The molecule has 5 aromatic rings.